The van der Waals surface area contributed by atoms with E-state index in [2.05, 4.69) is 38.7 Å². The third-order valence-electron chi connectivity index (χ3n) is 12.1. The lowest BCUT2D eigenvalue weighted by atomic mass is 9.91. The van der Waals surface area contributed by atoms with E-state index in [4.69, 9.17) is 4.52 Å². The molecule has 2 aliphatic rings. The normalized spacial score (nSPS) is 13.9. The van der Waals surface area contributed by atoms with E-state index < -0.39 is 18.4 Å². The Morgan fingerprint density at radius 2 is 1.81 bits per heavy atom. The van der Waals surface area contributed by atoms with Crippen LogP contribution in [0, 0.1) is 6.92 Å². The van der Waals surface area contributed by atoms with Crippen LogP contribution >= 0.6 is 0 Å². The molecule has 0 bridgehead atoms. The molecule has 63 heavy (non-hydrogen) atoms. The molecule has 2 N–H and O–H groups in total. The number of hydrogen-bond donors (Lipinski definition) is 2. The lowest BCUT2D eigenvalue weighted by Gasteiger charge is -2.34. The molecule has 0 saturated heterocycles. The Labute approximate surface area is 362 Å². The maximum Gasteiger partial charge on any atom is 0.270 e. The smallest absolute Gasteiger partial charge is 0.270 e. The van der Waals surface area contributed by atoms with Gasteiger partial charge in [-0.05, 0) is 97.3 Å². The number of pyridine rings is 2. The molecule has 0 aliphatic carbocycles. The standard InChI is InChI=1S/C48H47F2N7O6/c1-5-8-28-18-41-37(17-27(2)47(61)55(41)4)42(19-28)56-16-7-9-29-20-35(36(45(49)50)22-40(29)56)30-12-14-39(52-23-30)46(60)53-24-31-21-43(63-54-31)33-10-6-11-34-38(33)25-57(48(34)62)32(26-58)13-15-44(59)51-3/h6,10-12,14,17-23,26,32,45H,5,7-9,13,15-16,24-25H2,1-4H3,(H,51,59)(H,53,60). The number of nitrogens with zero attached hydrogens (tertiary/aromatic N) is 5. The van der Waals surface area contributed by atoms with Crippen LogP contribution in [0.1, 0.15) is 93.4 Å². The fourth-order valence-electron chi connectivity index (χ4n) is 8.77. The van der Waals surface area contributed by atoms with Crippen LogP contribution in [0.25, 0.3) is 33.4 Å². The molecule has 13 nitrogen and oxygen atoms in total. The zero-order chi connectivity index (χ0) is 44.5. The van der Waals surface area contributed by atoms with Crippen LogP contribution in [0.4, 0.5) is 20.2 Å². The number of nitrogens with one attached hydrogen (secondary N) is 2. The molecule has 1 unspecified atom stereocenters. The van der Waals surface area contributed by atoms with E-state index in [9.17, 15) is 32.8 Å². The van der Waals surface area contributed by atoms with Crippen molar-refractivity contribution in [3.8, 4) is 22.5 Å². The average Bonchev–Trinajstić information content (AvgIpc) is 3.91. The van der Waals surface area contributed by atoms with Gasteiger partial charge in [0.25, 0.3) is 23.8 Å². The number of halogens is 2. The van der Waals surface area contributed by atoms with Gasteiger partial charge in [-0.25, -0.2) is 8.78 Å². The van der Waals surface area contributed by atoms with Gasteiger partial charge >= 0.3 is 0 Å². The van der Waals surface area contributed by atoms with Crippen LogP contribution in [0.5, 0.6) is 0 Å². The summed E-state index contributed by atoms with van der Waals surface area (Å²) in [6, 6.07) is 18.6. The van der Waals surface area contributed by atoms with Gasteiger partial charge in [0.15, 0.2) is 5.76 Å². The number of aromatic nitrogens is 3. The molecule has 2 aliphatic heterocycles. The zero-order valence-electron chi connectivity index (χ0n) is 35.5. The molecular weight excluding hydrogens is 809 g/mol. The maximum absolute atomic E-state index is 15.0. The largest absolute Gasteiger partial charge is 0.359 e. The van der Waals surface area contributed by atoms with Gasteiger partial charge in [-0.2, -0.15) is 0 Å². The van der Waals surface area contributed by atoms with Crippen molar-refractivity contribution < 1.29 is 32.5 Å². The summed E-state index contributed by atoms with van der Waals surface area (Å²) in [6.45, 7) is 4.64. The maximum atomic E-state index is 15.0. The van der Waals surface area contributed by atoms with Crippen LogP contribution in [0.15, 0.2) is 82.2 Å². The summed E-state index contributed by atoms with van der Waals surface area (Å²) >= 11 is 0. The molecular formula is C48H47F2N7O6. The lowest BCUT2D eigenvalue weighted by Crippen LogP contribution is -2.37. The zero-order valence-corrected chi connectivity index (χ0v) is 35.5. The molecule has 3 aromatic carbocycles. The van der Waals surface area contributed by atoms with E-state index in [0.29, 0.717) is 69.8 Å². The Morgan fingerprint density at radius 1 is 1.00 bits per heavy atom. The first-order chi connectivity index (χ1) is 30.4. The van der Waals surface area contributed by atoms with Gasteiger partial charge in [0, 0.05) is 84.8 Å². The van der Waals surface area contributed by atoms with Crippen molar-refractivity contribution in [1.82, 2.24) is 30.2 Å². The number of anilines is 2. The number of fused-ring (bicyclic) bond motifs is 3. The van der Waals surface area contributed by atoms with Crippen molar-refractivity contribution in [2.24, 2.45) is 7.05 Å². The van der Waals surface area contributed by atoms with E-state index in [1.807, 2.05) is 18.2 Å². The first-order valence-corrected chi connectivity index (χ1v) is 21.1. The van der Waals surface area contributed by atoms with Crippen molar-refractivity contribution in [3.05, 3.63) is 128 Å². The second-order valence-corrected chi connectivity index (χ2v) is 16.1. The molecule has 5 heterocycles. The minimum absolute atomic E-state index is 0.0120. The Kier molecular flexibility index (Phi) is 12.0. The molecule has 0 spiro atoms. The van der Waals surface area contributed by atoms with Crippen LogP contribution < -0.4 is 21.1 Å². The van der Waals surface area contributed by atoms with Gasteiger partial charge in [-0.15, -0.1) is 0 Å². The molecule has 6 aromatic rings. The second-order valence-electron chi connectivity index (χ2n) is 16.1. The van der Waals surface area contributed by atoms with Crippen molar-refractivity contribution in [1.29, 1.82) is 0 Å². The molecule has 8 rings (SSSR count). The number of benzene rings is 3. The molecule has 3 aromatic heterocycles. The number of rotatable bonds is 14. The SMILES string of the molecule is CCCc1cc(N2CCCc3cc(-c4ccc(C(=O)NCc5cc(-c6cccc7c6CN(C(C=O)CCC(=O)NC)C7=O)on5)nc4)c(C(F)F)cc32)c2cc(C)c(=O)n(C)c2c1. The number of carbonyl (C=O) groups excluding carboxylic acids is 4. The Morgan fingerprint density at radius 3 is 2.54 bits per heavy atom. The Hall–Kier alpha value is -7.03. The highest BCUT2D eigenvalue weighted by atomic mass is 19.3. The number of aldehydes is 1. The third kappa shape index (κ3) is 8.22. The molecule has 0 radical (unpaired) electrons. The number of carbonyl (C=O) groups is 4. The molecule has 324 valence electrons. The van der Waals surface area contributed by atoms with Crippen LogP contribution in [0.2, 0.25) is 0 Å². The predicted molar refractivity (Wildman–Crippen MR) is 234 cm³/mol. The van der Waals surface area contributed by atoms with Crippen molar-refractivity contribution >= 4 is 46.3 Å². The first kappa shape index (κ1) is 42.7. The van der Waals surface area contributed by atoms with E-state index in [1.54, 1.807) is 54.9 Å². The van der Waals surface area contributed by atoms with Gasteiger partial charge in [0.05, 0.1) is 23.8 Å². The highest BCUT2D eigenvalue weighted by Gasteiger charge is 2.35. The highest BCUT2D eigenvalue weighted by Crippen LogP contribution is 2.43. The molecule has 15 heteroatoms. The number of amides is 3. The average molecular weight is 856 g/mol. The van der Waals surface area contributed by atoms with E-state index in [0.717, 1.165) is 47.0 Å². The van der Waals surface area contributed by atoms with Crippen LogP contribution in [-0.4, -0.2) is 63.2 Å². The summed E-state index contributed by atoms with van der Waals surface area (Å²) in [5, 5.41) is 10.3. The first-order valence-electron chi connectivity index (χ1n) is 21.1. The van der Waals surface area contributed by atoms with Gasteiger partial charge in [-0.1, -0.05) is 36.7 Å². The summed E-state index contributed by atoms with van der Waals surface area (Å²) in [4.78, 5) is 71.1. The summed E-state index contributed by atoms with van der Waals surface area (Å²) in [7, 11) is 3.28. The minimum atomic E-state index is -2.79. The highest BCUT2D eigenvalue weighted by molar-refractivity contribution is 6.02. The summed E-state index contributed by atoms with van der Waals surface area (Å²) in [5.41, 5.74) is 7.71. The van der Waals surface area contributed by atoms with Crippen LogP contribution in [0.3, 0.4) is 0 Å². The van der Waals surface area contributed by atoms with Crippen molar-refractivity contribution in [3.63, 3.8) is 0 Å². The Balaban J connectivity index is 0.990. The monoisotopic (exact) mass is 855 g/mol. The van der Waals surface area contributed by atoms with E-state index in [1.165, 1.54) is 24.2 Å². The van der Waals surface area contributed by atoms with Crippen LogP contribution in [-0.2, 0) is 42.6 Å². The van der Waals surface area contributed by atoms with Gasteiger partial charge in [0.1, 0.15) is 17.7 Å². The van der Waals surface area contributed by atoms with Crippen molar-refractivity contribution in [2.45, 2.75) is 77.9 Å². The number of hydrogen-bond acceptors (Lipinski definition) is 9. The summed E-state index contributed by atoms with van der Waals surface area (Å²) < 4.78 is 37.2. The summed E-state index contributed by atoms with van der Waals surface area (Å²) in [5.74, 6) is -0.693. The predicted octanol–water partition coefficient (Wildman–Crippen LogP) is 7.52. The summed E-state index contributed by atoms with van der Waals surface area (Å²) in [6.07, 6.45) is 2.80. The van der Waals surface area contributed by atoms with E-state index >= 15 is 0 Å². The molecule has 0 saturated carbocycles. The second kappa shape index (κ2) is 17.8. The van der Waals surface area contributed by atoms with Gasteiger partial charge in [0.2, 0.25) is 5.91 Å². The minimum Gasteiger partial charge on any atom is -0.359 e. The molecule has 0 fully saturated rings. The van der Waals surface area contributed by atoms with E-state index in [-0.39, 0.29) is 54.6 Å². The Bertz CT molecular complexity index is 2840. The lowest BCUT2D eigenvalue weighted by molar-refractivity contribution is -0.121. The quantitative estimate of drug-likeness (QED) is 0.106. The number of aryl methyl sites for hydroxylation is 4. The number of alkyl halides is 2. The third-order valence-corrected chi connectivity index (χ3v) is 12.1. The van der Waals surface area contributed by atoms with Gasteiger partial charge in [-0.3, -0.25) is 24.2 Å². The van der Waals surface area contributed by atoms with Gasteiger partial charge < -0.3 is 34.3 Å². The fourth-order valence-corrected chi connectivity index (χ4v) is 8.77. The molecule has 1 atom stereocenters. The fraction of sp³-hybridized carbons (Fsp3) is 0.312. The van der Waals surface area contributed by atoms with Crippen molar-refractivity contribution in [2.75, 3.05) is 18.5 Å². The molecule has 3 amide bonds. The topological polar surface area (TPSA) is 160 Å².